The molecule has 0 aliphatic rings. The number of alkyl halides is 2. The van der Waals surface area contributed by atoms with Crippen LogP contribution in [0.2, 0.25) is 10.0 Å². The number of halogens is 4. The minimum atomic E-state index is -2.59. The van der Waals surface area contributed by atoms with Gasteiger partial charge in [0.2, 0.25) is 0 Å². The van der Waals surface area contributed by atoms with Crippen molar-refractivity contribution >= 4 is 34.9 Å². The Morgan fingerprint density at radius 2 is 1.91 bits per heavy atom. The molecule has 0 spiro atoms. The quantitative estimate of drug-likeness (QED) is 0.758. The van der Waals surface area contributed by atoms with Gasteiger partial charge in [0.15, 0.2) is 0 Å². The van der Waals surface area contributed by atoms with E-state index in [-0.39, 0.29) is 12.1 Å². The van der Waals surface area contributed by atoms with Crippen LogP contribution in [0.5, 0.6) is 0 Å². The highest BCUT2D eigenvalue weighted by Crippen LogP contribution is 2.26. The fourth-order valence-corrected chi connectivity index (χ4v) is 2.35. The molecular formula is C16H14Cl2F2N2O. The first-order valence-corrected chi connectivity index (χ1v) is 7.47. The average molecular weight is 359 g/mol. The first kappa shape index (κ1) is 17.5. The fourth-order valence-electron chi connectivity index (χ4n) is 1.97. The van der Waals surface area contributed by atoms with Crippen molar-refractivity contribution < 1.29 is 13.6 Å². The maximum Gasteiger partial charge on any atom is 0.321 e. The Labute approximate surface area is 142 Å². The van der Waals surface area contributed by atoms with Crippen molar-refractivity contribution in [2.24, 2.45) is 0 Å². The number of amides is 2. The lowest BCUT2D eigenvalue weighted by molar-refractivity contribution is 0.151. The molecule has 3 nitrogen and oxygen atoms in total. The zero-order valence-electron chi connectivity index (χ0n) is 12.2. The van der Waals surface area contributed by atoms with E-state index in [1.165, 1.54) is 23.1 Å². The predicted octanol–water partition coefficient (Wildman–Crippen LogP) is 5.59. The molecule has 7 heteroatoms. The molecule has 2 aromatic rings. The number of hydrogen-bond acceptors (Lipinski definition) is 1. The standard InChI is InChI=1S/C16H14Cl2F2N2O/c1-22(9-11-5-3-7-13(17)14(11)18)16(23)21-12-6-2-4-10(8-12)15(19)20/h2-8,15H,9H2,1H3,(H,21,23). The number of nitrogens with zero attached hydrogens (tertiary/aromatic N) is 1. The summed E-state index contributed by atoms with van der Waals surface area (Å²) in [6.45, 7) is 0.236. The molecule has 23 heavy (non-hydrogen) atoms. The van der Waals surface area contributed by atoms with Crippen LogP contribution in [-0.4, -0.2) is 18.0 Å². The normalized spacial score (nSPS) is 10.7. The molecule has 0 bridgehead atoms. The second kappa shape index (κ2) is 7.62. The Hall–Kier alpha value is -1.85. The largest absolute Gasteiger partial charge is 0.323 e. The highest BCUT2D eigenvalue weighted by atomic mass is 35.5. The Morgan fingerprint density at radius 3 is 2.61 bits per heavy atom. The van der Waals surface area contributed by atoms with Crippen LogP contribution in [0.15, 0.2) is 42.5 Å². The van der Waals surface area contributed by atoms with Crippen molar-refractivity contribution in [2.45, 2.75) is 13.0 Å². The van der Waals surface area contributed by atoms with Crippen molar-refractivity contribution in [1.29, 1.82) is 0 Å². The predicted molar refractivity (Wildman–Crippen MR) is 88.3 cm³/mol. The van der Waals surface area contributed by atoms with E-state index >= 15 is 0 Å². The van der Waals surface area contributed by atoms with Gasteiger partial charge in [0.05, 0.1) is 10.0 Å². The SMILES string of the molecule is CN(Cc1cccc(Cl)c1Cl)C(=O)Nc1cccc(C(F)F)c1. The minimum absolute atomic E-state index is 0.150. The van der Waals surface area contributed by atoms with E-state index in [0.717, 1.165) is 0 Å². The summed E-state index contributed by atoms with van der Waals surface area (Å²) in [5.41, 5.74) is 0.846. The Bertz CT molecular complexity index is 710. The first-order valence-electron chi connectivity index (χ1n) is 6.71. The lowest BCUT2D eigenvalue weighted by Gasteiger charge is -2.19. The molecule has 0 aromatic heterocycles. The monoisotopic (exact) mass is 358 g/mol. The number of benzene rings is 2. The summed E-state index contributed by atoms with van der Waals surface area (Å²) in [6, 6.07) is 10.3. The van der Waals surface area contributed by atoms with Gasteiger partial charge in [-0.05, 0) is 23.8 Å². The van der Waals surface area contributed by atoms with Crippen LogP contribution in [0.1, 0.15) is 17.6 Å². The van der Waals surface area contributed by atoms with E-state index in [2.05, 4.69) is 5.32 Å². The van der Waals surface area contributed by atoms with E-state index in [4.69, 9.17) is 23.2 Å². The molecule has 0 atom stereocenters. The summed E-state index contributed by atoms with van der Waals surface area (Å²) in [5, 5.41) is 3.36. The van der Waals surface area contributed by atoms with Crippen LogP contribution in [0.3, 0.4) is 0 Å². The lowest BCUT2D eigenvalue weighted by atomic mass is 10.2. The molecule has 0 saturated carbocycles. The second-order valence-corrected chi connectivity index (χ2v) is 5.71. The van der Waals surface area contributed by atoms with Crippen molar-refractivity contribution in [2.75, 3.05) is 12.4 Å². The van der Waals surface area contributed by atoms with Crippen LogP contribution in [0.25, 0.3) is 0 Å². The summed E-state index contributed by atoms with van der Waals surface area (Å²) in [6.07, 6.45) is -2.59. The number of carbonyl (C=O) groups is 1. The molecule has 2 rings (SSSR count). The lowest BCUT2D eigenvalue weighted by Crippen LogP contribution is -2.31. The van der Waals surface area contributed by atoms with Crippen LogP contribution in [0.4, 0.5) is 19.3 Å². The van der Waals surface area contributed by atoms with Gasteiger partial charge in [0.25, 0.3) is 6.43 Å². The first-order chi connectivity index (χ1) is 10.9. The molecule has 2 amide bonds. The topological polar surface area (TPSA) is 32.3 Å². The van der Waals surface area contributed by atoms with Crippen molar-refractivity contribution in [1.82, 2.24) is 4.90 Å². The Balaban J connectivity index is 2.05. The van der Waals surface area contributed by atoms with Crippen LogP contribution >= 0.6 is 23.2 Å². The maximum absolute atomic E-state index is 12.7. The summed E-state index contributed by atoms with van der Waals surface area (Å²) in [5.74, 6) is 0. The number of carbonyl (C=O) groups excluding carboxylic acids is 1. The summed E-state index contributed by atoms with van der Waals surface area (Å²) in [4.78, 5) is 13.5. The average Bonchev–Trinajstić information content (AvgIpc) is 2.52. The van der Waals surface area contributed by atoms with Gasteiger partial charge >= 0.3 is 6.03 Å². The van der Waals surface area contributed by atoms with Crippen LogP contribution < -0.4 is 5.32 Å². The smallest absolute Gasteiger partial charge is 0.321 e. The van der Waals surface area contributed by atoms with Crippen molar-refractivity contribution in [3.05, 3.63) is 63.6 Å². The summed E-state index contributed by atoms with van der Waals surface area (Å²) in [7, 11) is 1.57. The number of rotatable bonds is 4. The minimum Gasteiger partial charge on any atom is -0.323 e. The van der Waals surface area contributed by atoms with E-state index < -0.39 is 12.5 Å². The van der Waals surface area contributed by atoms with Gasteiger partial charge in [-0.2, -0.15) is 0 Å². The molecule has 0 heterocycles. The number of hydrogen-bond donors (Lipinski definition) is 1. The van der Waals surface area contributed by atoms with Gasteiger partial charge in [-0.1, -0.05) is 47.5 Å². The zero-order chi connectivity index (χ0) is 17.0. The van der Waals surface area contributed by atoms with Gasteiger partial charge in [-0.25, -0.2) is 13.6 Å². The molecular weight excluding hydrogens is 345 g/mol. The zero-order valence-corrected chi connectivity index (χ0v) is 13.7. The molecule has 2 aromatic carbocycles. The van der Waals surface area contributed by atoms with Crippen LogP contribution in [-0.2, 0) is 6.54 Å². The highest BCUT2D eigenvalue weighted by molar-refractivity contribution is 6.42. The molecule has 0 saturated heterocycles. The molecule has 1 N–H and O–H groups in total. The van der Waals surface area contributed by atoms with Crippen LogP contribution in [0, 0.1) is 0 Å². The summed E-state index contributed by atoms with van der Waals surface area (Å²) < 4.78 is 25.3. The number of urea groups is 1. The van der Waals surface area contributed by atoms with Gasteiger partial charge in [0.1, 0.15) is 0 Å². The molecule has 122 valence electrons. The molecule has 0 unspecified atom stereocenters. The Morgan fingerprint density at radius 1 is 1.22 bits per heavy atom. The third-order valence-corrected chi connectivity index (χ3v) is 4.03. The summed E-state index contributed by atoms with van der Waals surface area (Å²) >= 11 is 12.0. The van der Waals surface area contributed by atoms with E-state index in [0.29, 0.717) is 21.3 Å². The Kier molecular flexibility index (Phi) is 5.80. The van der Waals surface area contributed by atoms with Gasteiger partial charge < -0.3 is 10.2 Å². The molecule has 0 aliphatic carbocycles. The molecule has 0 radical (unpaired) electrons. The van der Waals surface area contributed by atoms with Crippen molar-refractivity contribution in [3.8, 4) is 0 Å². The maximum atomic E-state index is 12.7. The van der Waals surface area contributed by atoms with Gasteiger partial charge in [-0.3, -0.25) is 0 Å². The number of nitrogens with one attached hydrogen (secondary N) is 1. The molecule has 0 aliphatic heterocycles. The third kappa shape index (κ3) is 4.56. The second-order valence-electron chi connectivity index (χ2n) is 4.93. The van der Waals surface area contributed by atoms with Gasteiger partial charge in [-0.15, -0.1) is 0 Å². The third-order valence-electron chi connectivity index (χ3n) is 3.18. The fraction of sp³-hybridized carbons (Fsp3) is 0.188. The van der Waals surface area contributed by atoms with Gasteiger partial charge in [0, 0.05) is 24.8 Å². The highest BCUT2D eigenvalue weighted by Gasteiger charge is 2.14. The van der Waals surface area contributed by atoms with E-state index in [1.807, 2.05) is 0 Å². The van der Waals surface area contributed by atoms with Crippen molar-refractivity contribution in [3.63, 3.8) is 0 Å². The van der Waals surface area contributed by atoms with E-state index in [1.54, 1.807) is 31.3 Å². The van der Waals surface area contributed by atoms with E-state index in [9.17, 15) is 13.6 Å². The number of anilines is 1. The molecule has 0 fully saturated rings.